The smallest absolute Gasteiger partial charge is 0.396 e. The number of nitrogens with zero attached hydrogens (tertiary/aromatic N) is 2. The summed E-state index contributed by atoms with van der Waals surface area (Å²) in [7, 11) is 0. The van der Waals surface area contributed by atoms with Crippen molar-refractivity contribution in [3.05, 3.63) is 47.4 Å². The monoisotopic (exact) mass is 250 g/mol. The lowest BCUT2D eigenvalue weighted by atomic mass is 10.1. The van der Waals surface area contributed by atoms with Crippen LogP contribution in [-0.2, 0) is 11.2 Å². The molecule has 5 nitrogen and oxygen atoms in total. The molecule has 0 radical (unpaired) electrons. The Bertz CT molecular complexity index is 554. The van der Waals surface area contributed by atoms with Gasteiger partial charge in [0.2, 0.25) is 5.89 Å². The van der Waals surface area contributed by atoms with E-state index in [0.717, 1.165) is 0 Å². The van der Waals surface area contributed by atoms with Crippen LogP contribution >= 0.6 is 0 Å². The third-order valence-electron chi connectivity index (χ3n) is 2.22. The third kappa shape index (κ3) is 2.71. The molecular weight excluding hydrogens is 239 g/mol. The van der Waals surface area contributed by atoms with E-state index in [0.29, 0.717) is 5.56 Å². The Morgan fingerprint density at radius 2 is 2.17 bits per heavy atom. The van der Waals surface area contributed by atoms with Gasteiger partial charge in [0.05, 0.1) is 13.0 Å². The van der Waals surface area contributed by atoms with Gasteiger partial charge >= 0.3 is 11.9 Å². The summed E-state index contributed by atoms with van der Waals surface area (Å²) < 4.78 is 23.2. The van der Waals surface area contributed by atoms with Crippen molar-refractivity contribution in [2.75, 3.05) is 6.61 Å². The first-order chi connectivity index (χ1) is 8.70. The first-order valence-corrected chi connectivity index (χ1v) is 5.43. The zero-order chi connectivity index (χ0) is 13.0. The van der Waals surface area contributed by atoms with Crippen LogP contribution in [0, 0.1) is 5.82 Å². The number of rotatable bonds is 4. The average molecular weight is 250 g/mol. The van der Waals surface area contributed by atoms with E-state index in [4.69, 9.17) is 9.15 Å². The SMILES string of the molecule is CCOC(=O)c1nnc(Cc2ccccc2F)o1. The lowest BCUT2D eigenvalue weighted by Crippen LogP contribution is -2.04. The number of carbonyl (C=O) groups excluding carboxylic acids is 1. The molecule has 0 saturated carbocycles. The molecule has 0 saturated heterocycles. The van der Waals surface area contributed by atoms with Gasteiger partial charge in [0.1, 0.15) is 5.82 Å². The third-order valence-corrected chi connectivity index (χ3v) is 2.22. The largest absolute Gasteiger partial charge is 0.459 e. The Kier molecular flexibility index (Phi) is 3.66. The van der Waals surface area contributed by atoms with Gasteiger partial charge in [-0.2, -0.15) is 0 Å². The molecule has 0 bridgehead atoms. The van der Waals surface area contributed by atoms with Crippen molar-refractivity contribution >= 4 is 5.97 Å². The molecule has 0 fully saturated rings. The number of benzene rings is 1. The van der Waals surface area contributed by atoms with Crippen molar-refractivity contribution in [2.45, 2.75) is 13.3 Å². The highest BCUT2D eigenvalue weighted by molar-refractivity contribution is 5.83. The maximum absolute atomic E-state index is 13.4. The summed E-state index contributed by atoms with van der Waals surface area (Å²) >= 11 is 0. The van der Waals surface area contributed by atoms with Crippen molar-refractivity contribution in [3.8, 4) is 0 Å². The van der Waals surface area contributed by atoms with Gasteiger partial charge < -0.3 is 9.15 Å². The van der Waals surface area contributed by atoms with E-state index in [9.17, 15) is 9.18 Å². The van der Waals surface area contributed by atoms with Gasteiger partial charge in [0, 0.05) is 0 Å². The molecule has 0 amide bonds. The van der Waals surface area contributed by atoms with Crippen LogP contribution in [0.2, 0.25) is 0 Å². The van der Waals surface area contributed by atoms with Gasteiger partial charge in [0.15, 0.2) is 0 Å². The Morgan fingerprint density at radius 1 is 1.39 bits per heavy atom. The van der Waals surface area contributed by atoms with E-state index in [-0.39, 0.29) is 30.6 Å². The van der Waals surface area contributed by atoms with Crippen molar-refractivity contribution in [3.63, 3.8) is 0 Å². The van der Waals surface area contributed by atoms with E-state index < -0.39 is 5.97 Å². The minimum Gasteiger partial charge on any atom is -0.459 e. The topological polar surface area (TPSA) is 65.2 Å². The summed E-state index contributed by atoms with van der Waals surface area (Å²) in [6.45, 7) is 1.90. The van der Waals surface area contributed by atoms with E-state index in [1.807, 2.05) is 0 Å². The van der Waals surface area contributed by atoms with Gasteiger partial charge in [-0.1, -0.05) is 18.2 Å². The maximum Gasteiger partial charge on any atom is 0.396 e. The van der Waals surface area contributed by atoms with Crippen LogP contribution in [0.15, 0.2) is 28.7 Å². The Balaban J connectivity index is 2.12. The Labute approximate surface area is 103 Å². The number of ether oxygens (including phenoxy) is 1. The molecule has 2 aromatic rings. The van der Waals surface area contributed by atoms with Gasteiger partial charge in [-0.25, -0.2) is 9.18 Å². The van der Waals surface area contributed by atoms with Crippen LogP contribution in [0.25, 0.3) is 0 Å². The fraction of sp³-hybridized carbons (Fsp3) is 0.250. The van der Waals surface area contributed by atoms with Gasteiger partial charge in [-0.3, -0.25) is 0 Å². The first kappa shape index (κ1) is 12.2. The summed E-state index contributed by atoms with van der Waals surface area (Å²) in [5.41, 5.74) is 0.427. The number of aromatic nitrogens is 2. The first-order valence-electron chi connectivity index (χ1n) is 5.43. The fourth-order valence-corrected chi connectivity index (χ4v) is 1.41. The molecule has 1 heterocycles. The van der Waals surface area contributed by atoms with E-state index in [2.05, 4.69) is 10.2 Å². The number of hydrogen-bond acceptors (Lipinski definition) is 5. The standard InChI is InChI=1S/C12H11FN2O3/c1-2-17-12(16)11-15-14-10(18-11)7-8-5-3-4-6-9(8)13/h3-6H,2,7H2,1H3. The predicted octanol–water partition coefficient (Wildman–Crippen LogP) is 1.98. The lowest BCUT2D eigenvalue weighted by Gasteiger charge is -1.98. The molecule has 0 unspecified atom stereocenters. The predicted molar refractivity (Wildman–Crippen MR) is 59.5 cm³/mol. The van der Waals surface area contributed by atoms with Crippen LogP contribution < -0.4 is 0 Å². The minimum absolute atomic E-state index is 0.138. The van der Waals surface area contributed by atoms with Crippen molar-refractivity contribution < 1.29 is 18.3 Å². The summed E-state index contributed by atoms with van der Waals surface area (Å²) in [5, 5.41) is 7.22. The molecule has 0 spiro atoms. The second-order valence-corrected chi connectivity index (χ2v) is 3.49. The highest BCUT2D eigenvalue weighted by Crippen LogP contribution is 2.12. The summed E-state index contributed by atoms with van der Waals surface area (Å²) in [4.78, 5) is 11.3. The minimum atomic E-state index is -0.676. The molecule has 18 heavy (non-hydrogen) atoms. The van der Waals surface area contributed by atoms with Crippen molar-refractivity contribution in [1.82, 2.24) is 10.2 Å². The summed E-state index contributed by atoms with van der Waals surface area (Å²) in [6, 6.07) is 6.26. The summed E-state index contributed by atoms with van der Waals surface area (Å²) in [6.07, 6.45) is 0.138. The molecule has 0 aliphatic carbocycles. The lowest BCUT2D eigenvalue weighted by molar-refractivity contribution is 0.0479. The van der Waals surface area contributed by atoms with Crippen LogP contribution in [-0.4, -0.2) is 22.8 Å². The second kappa shape index (κ2) is 5.39. The zero-order valence-electron chi connectivity index (χ0n) is 9.72. The van der Waals surface area contributed by atoms with Crippen molar-refractivity contribution in [2.24, 2.45) is 0 Å². The molecular formula is C12H11FN2O3. The van der Waals surface area contributed by atoms with Crippen molar-refractivity contribution in [1.29, 1.82) is 0 Å². The fourth-order valence-electron chi connectivity index (χ4n) is 1.41. The molecule has 2 rings (SSSR count). The van der Waals surface area contributed by atoms with Gasteiger partial charge in [-0.05, 0) is 18.6 Å². The van der Waals surface area contributed by atoms with Crippen LogP contribution in [0.4, 0.5) is 4.39 Å². The molecule has 1 aromatic carbocycles. The molecule has 0 N–H and O–H groups in total. The quantitative estimate of drug-likeness (QED) is 0.776. The molecule has 0 aliphatic heterocycles. The van der Waals surface area contributed by atoms with E-state index in [1.165, 1.54) is 6.07 Å². The number of hydrogen-bond donors (Lipinski definition) is 0. The molecule has 6 heteroatoms. The molecule has 94 valence electrons. The van der Waals surface area contributed by atoms with Gasteiger partial charge in [0.25, 0.3) is 0 Å². The molecule has 0 aliphatic rings. The molecule has 1 aromatic heterocycles. The highest BCUT2D eigenvalue weighted by atomic mass is 19.1. The zero-order valence-corrected chi connectivity index (χ0v) is 9.72. The Morgan fingerprint density at radius 3 is 2.89 bits per heavy atom. The summed E-state index contributed by atoms with van der Waals surface area (Å²) in [5.74, 6) is -1.08. The number of carbonyl (C=O) groups is 1. The van der Waals surface area contributed by atoms with Crippen LogP contribution in [0.3, 0.4) is 0 Å². The van der Waals surface area contributed by atoms with E-state index in [1.54, 1.807) is 25.1 Å². The number of esters is 1. The van der Waals surface area contributed by atoms with Crippen LogP contribution in [0.5, 0.6) is 0 Å². The molecule has 0 atom stereocenters. The second-order valence-electron chi connectivity index (χ2n) is 3.49. The highest BCUT2D eigenvalue weighted by Gasteiger charge is 2.16. The average Bonchev–Trinajstić information content (AvgIpc) is 2.81. The maximum atomic E-state index is 13.4. The van der Waals surface area contributed by atoms with Gasteiger partial charge in [-0.15, -0.1) is 10.2 Å². The van der Waals surface area contributed by atoms with Crippen LogP contribution in [0.1, 0.15) is 29.1 Å². The Hall–Kier alpha value is -2.24. The van der Waals surface area contributed by atoms with E-state index >= 15 is 0 Å². The normalized spacial score (nSPS) is 10.3. The number of halogens is 1.